The lowest BCUT2D eigenvalue weighted by atomic mass is 9.85. The number of pyridine rings is 1. The van der Waals surface area contributed by atoms with Crippen molar-refractivity contribution in [1.82, 2.24) is 24.6 Å². The van der Waals surface area contributed by atoms with Crippen LogP contribution in [-0.4, -0.2) is 95.0 Å². The molecule has 8 rings (SSSR count). The number of carbonyl (C=O) groups excluding carboxylic acids is 1. The summed E-state index contributed by atoms with van der Waals surface area (Å²) in [5.74, 6) is 0.602. The molecule has 0 bridgehead atoms. The average Bonchev–Trinajstić information content (AvgIpc) is 3.64. The number of rotatable bonds is 4. The Bertz CT molecular complexity index is 1410. The molecular weight excluding hydrogens is 528 g/mol. The molecule has 2 spiro atoms. The lowest BCUT2D eigenvalue weighted by Crippen LogP contribution is -2.69. The lowest BCUT2D eigenvalue weighted by molar-refractivity contribution is -0.128. The first kappa shape index (κ1) is 25.6. The van der Waals surface area contributed by atoms with Crippen molar-refractivity contribution in [3.63, 3.8) is 0 Å². The Morgan fingerprint density at radius 1 is 1.20 bits per heavy atom. The monoisotopic (exact) mass is 565 g/mol. The summed E-state index contributed by atoms with van der Waals surface area (Å²) in [6.45, 7) is 11.4. The molecule has 1 saturated carbocycles. The van der Waals surface area contributed by atoms with Crippen molar-refractivity contribution in [2.24, 2.45) is 0 Å². The van der Waals surface area contributed by atoms with Crippen LogP contribution in [0.4, 0.5) is 20.3 Å². The third kappa shape index (κ3) is 3.73. The van der Waals surface area contributed by atoms with E-state index in [1.807, 2.05) is 11.1 Å². The molecule has 0 radical (unpaired) electrons. The maximum Gasteiger partial charge on any atom is 0.280 e. The van der Waals surface area contributed by atoms with Gasteiger partial charge in [-0.25, -0.2) is 13.8 Å². The molecule has 11 heteroatoms. The minimum Gasteiger partial charge on any atom is -0.365 e. The average molecular weight is 566 g/mol. The van der Waals surface area contributed by atoms with Gasteiger partial charge in [-0.1, -0.05) is 6.58 Å². The molecule has 2 atom stereocenters. The molecule has 3 saturated heterocycles. The van der Waals surface area contributed by atoms with Crippen LogP contribution in [0.1, 0.15) is 54.6 Å². The fourth-order valence-electron chi connectivity index (χ4n) is 8.04. The number of carbonyl (C=O) groups is 1. The Morgan fingerprint density at radius 3 is 2.68 bits per heavy atom. The molecule has 0 aromatic carbocycles. The Hall–Kier alpha value is -3.05. The number of piperazine rings is 1. The summed E-state index contributed by atoms with van der Waals surface area (Å²) in [5, 5.41) is 4.71. The summed E-state index contributed by atoms with van der Waals surface area (Å²) < 4.78 is 37.7. The molecule has 41 heavy (non-hydrogen) atoms. The second kappa shape index (κ2) is 8.97. The number of aromatic nitrogens is 3. The zero-order valence-electron chi connectivity index (χ0n) is 23.6. The molecule has 218 valence electrons. The highest BCUT2D eigenvalue weighted by Gasteiger charge is 2.60. The predicted octanol–water partition coefficient (Wildman–Crippen LogP) is 2.98. The van der Waals surface area contributed by atoms with Gasteiger partial charge in [0.2, 0.25) is 5.91 Å². The van der Waals surface area contributed by atoms with Gasteiger partial charge >= 0.3 is 0 Å². The quantitative estimate of drug-likeness (QED) is 0.528. The summed E-state index contributed by atoms with van der Waals surface area (Å²) in [7, 11) is 0. The molecule has 2 aromatic rings. The van der Waals surface area contributed by atoms with Crippen LogP contribution in [-0.2, 0) is 27.1 Å². The zero-order valence-corrected chi connectivity index (χ0v) is 23.6. The van der Waals surface area contributed by atoms with E-state index in [0.29, 0.717) is 56.6 Å². The maximum atomic E-state index is 14.5. The molecule has 2 aromatic heterocycles. The van der Waals surface area contributed by atoms with E-state index in [1.165, 1.54) is 6.08 Å². The topological polar surface area (TPSA) is 70.0 Å². The van der Waals surface area contributed by atoms with Crippen molar-refractivity contribution >= 4 is 17.4 Å². The first-order valence-electron chi connectivity index (χ1n) is 15.0. The number of hydrogen-bond acceptors (Lipinski definition) is 7. The van der Waals surface area contributed by atoms with Crippen LogP contribution in [0.25, 0.3) is 0 Å². The first-order valence-corrected chi connectivity index (χ1v) is 15.0. The van der Waals surface area contributed by atoms with Crippen molar-refractivity contribution in [3.8, 4) is 0 Å². The highest BCUT2D eigenvalue weighted by molar-refractivity contribution is 5.87. The zero-order chi connectivity index (χ0) is 28.1. The van der Waals surface area contributed by atoms with E-state index in [1.54, 1.807) is 0 Å². The van der Waals surface area contributed by atoms with Gasteiger partial charge in [-0.05, 0) is 50.7 Å². The van der Waals surface area contributed by atoms with E-state index >= 15 is 0 Å². The van der Waals surface area contributed by atoms with Crippen molar-refractivity contribution in [1.29, 1.82) is 0 Å². The van der Waals surface area contributed by atoms with Crippen molar-refractivity contribution < 1.29 is 18.3 Å². The molecule has 7 heterocycles. The molecule has 9 nitrogen and oxygen atoms in total. The predicted molar refractivity (Wildman–Crippen MR) is 149 cm³/mol. The van der Waals surface area contributed by atoms with Gasteiger partial charge in [-0.3, -0.25) is 14.4 Å². The molecule has 1 amide bonds. The molecule has 2 unspecified atom stereocenters. The smallest absolute Gasteiger partial charge is 0.280 e. The van der Waals surface area contributed by atoms with Gasteiger partial charge in [0.05, 0.1) is 37.1 Å². The van der Waals surface area contributed by atoms with E-state index < -0.39 is 12.0 Å². The molecule has 5 aliphatic heterocycles. The Labute approximate surface area is 238 Å². The molecule has 6 aliphatic rings. The Kier molecular flexibility index (Phi) is 5.61. The van der Waals surface area contributed by atoms with Gasteiger partial charge in [-0.15, -0.1) is 0 Å². The number of ether oxygens (including phenoxy) is 1. The molecule has 4 fully saturated rings. The van der Waals surface area contributed by atoms with Crippen LogP contribution in [0.15, 0.2) is 24.9 Å². The third-order valence-electron chi connectivity index (χ3n) is 10.6. The van der Waals surface area contributed by atoms with Crippen molar-refractivity contribution in [2.75, 3.05) is 62.2 Å². The number of amides is 1. The minimum atomic E-state index is -2.62. The highest BCUT2D eigenvalue weighted by Crippen LogP contribution is 2.54. The van der Waals surface area contributed by atoms with Crippen molar-refractivity contribution in [3.05, 3.63) is 47.4 Å². The maximum absolute atomic E-state index is 14.5. The van der Waals surface area contributed by atoms with Gasteiger partial charge in [0.25, 0.3) is 6.43 Å². The summed E-state index contributed by atoms with van der Waals surface area (Å²) in [6, 6.07) is 2.71. The fraction of sp³-hybridized carbons (Fsp3) is 0.633. The van der Waals surface area contributed by atoms with Crippen LogP contribution < -0.4 is 9.80 Å². The number of fused-ring (bicyclic) bond motifs is 6. The number of anilines is 2. The van der Waals surface area contributed by atoms with E-state index in [0.717, 1.165) is 62.3 Å². The third-order valence-corrected chi connectivity index (χ3v) is 10.6. The number of nitrogens with zero attached hydrogens (tertiary/aromatic N) is 7. The van der Waals surface area contributed by atoms with Gasteiger partial charge in [0.1, 0.15) is 17.1 Å². The largest absolute Gasteiger partial charge is 0.365 e. The lowest BCUT2D eigenvalue weighted by Gasteiger charge is -2.56. The second-order valence-electron chi connectivity index (χ2n) is 12.9. The second-order valence-corrected chi connectivity index (χ2v) is 12.9. The SMILES string of the molecule is C=CC(=O)N1CCN(C2CN3c4cc(N5CC6(C5)OCC5(CC5)n5ncc(C)c56)nc(C(F)F)c4CCCC23)CC1. The van der Waals surface area contributed by atoms with E-state index in [4.69, 9.17) is 9.84 Å². The molecular formula is C30H37F2N7O2. The van der Waals surface area contributed by atoms with Gasteiger partial charge in [-0.2, -0.15) is 5.10 Å². The van der Waals surface area contributed by atoms with Crippen molar-refractivity contribution in [2.45, 2.75) is 68.7 Å². The number of halogens is 2. The first-order chi connectivity index (χ1) is 19.8. The molecule has 0 N–H and O–H groups in total. The van der Waals surface area contributed by atoms with Crippen LogP contribution in [0.2, 0.25) is 0 Å². The molecule has 1 aliphatic carbocycles. The fourth-order valence-corrected chi connectivity index (χ4v) is 8.04. The number of hydrogen-bond donors (Lipinski definition) is 0. The Morgan fingerprint density at radius 2 is 1.98 bits per heavy atom. The number of alkyl halides is 2. The standard InChI is InChI=1S/C30H37F2N7O2/c1-3-25(40)36-11-9-35(10-12-36)23-15-38-21(23)6-4-5-20-22(38)13-24(34-26(20)28(31)32)37-16-30(17-37)27-19(2)14-33-39(27)29(7-8-29)18-41-30/h3,13-14,21,23,28H,1,4-12,15-18H2,2H3. The van der Waals surface area contributed by atoms with Crippen LogP contribution >= 0.6 is 0 Å². The van der Waals surface area contributed by atoms with E-state index in [2.05, 4.69) is 43.9 Å². The van der Waals surface area contributed by atoms with Gasteiger partial charge in [0.15, 0.2) is 0 Å². The summed E-state index contributed by atoms with van der Waals surface area (Å²) in [6.07, 6.45) is 5.33. The minimum absolute atomic E-state index is 0.0112. The number of aryl methyl sites for hydroxylation is 1. The van der Waals surface area contributed by atoms with Gasteiger partial charge < -0.3 is 19.4 Å². The Balaban J connectivity index is 1.04. The summed E-state index contributed by atoms with van der Waals surface area (Å²) in [5.41, 5.74) is 3.38. The summed E-state index contributed by atoms with van der Waals surface area (Å²) in [4.78, 5) is 25.4. The van der Waals surface area contributed by atoms with E-state index in [9.17, 15) is 13.6 Å². The normalized spacial score (nSPS) is 27.6. The van der Waals surface area contributed by atoms with Crippen LogP contribution in [0.3, 0.4) is 0 Å². The van der Waals surface area contributed by atoms with Gasteiger partial charge in [0, 0.05) is 62.1 Å². The van der Waals surface area contributed by atoms with Crippen LogP contribution in [0, 0.1) is 6.92 Å². The van der Waals surface area contributed by atoms with E-state index in [-0.39, 0.29) is 23.2 Å². The highest BCUT2D eigenvalue weighted by atomic mass is 19.3. The summed E-state index contributed by atoms with van der Waals surface area (Å²) >= 11 is 0. The van der Waals surface area contributed by atoms with Crippen LogP contribution in [0.5, 0.6) is 0 Å².